The maximum Gasteiger partial charge on any atom is 0.128 e. The second-order valence-corrected chi connectivity index (χ2v) is 13.9. The van der Waals surface area contributed by atoms with Crippen LogP contribution in [0.1, 0.15) is 89.9 Å². The van der Waals surface area contributed by atoms with Gasteiger partial charge < -0.3 is 10.2 Å². The molecule has 1 unspecified atom stereocenters. The molecule has 202 valence electrons. The van der Waals surface area contributed by atoms with Crippen molar-refractivity contribution in [3.63, 3.8) is 0 Å². The summed E-state index contributed by atoms with van der Waals surface area (Å²) in [4.78, 5) is 9.32. The van der Waals surface area contributed by atoms with Crippen LogP contribution in [0.3, 0.4) is 0 Å². The van der Waals surface area contributed by atoms with Gasteiger partial charge in [-0.2, -0.15) is 0 Å². The highest BCUT2D eigenvalue weighted by Crippen LogP contribution is 2.68. The first-order valence-corrected chi connectivity index (χ1v) is 14.9. The van der Waals surface area contributed by atoms with E-state index in [1.165, 1.54) is 31.7 Å². The topological polar surface area (TPSA) is 66.2 Å². The molecule has 1 heterocycles. The normalized spacial score (nSPS) is 42.2. The van der Waals surface area contributed by atoms with Gasteiger partial charge in [-0.3, -0.25) is 0 Å². The van der Waals surface area contributed by atoms with Gasteiger partial charge >= 0.3 is 0 Å². The van der Waals surface area contributed by atoms with Gasteiger partial charge in [-0.05, 0) is 129 Å². The van der Waals surface area contributed by atoms with Crippen molar-refractivity contribution in [2.75, 3.05) is 0 Å². The van der Waals surface area contributed by atoms with Gasteiger partial charge in [0.1, 0.15) is 11.6 Å². The van der Waals surface area contributed by atoms with Crippen LogP contribution in [-0.4, -0.2) is 32.4 Å². The molecule has 37 heavy (non-hydrogen) atoms. The first-order valence-electron chi connectivity index (χ1n) is 14.9. The van der Waals surface area contributed by atoms with Gasteiger partial charge in [0.25, 0.3) is 0 Å². The molecular formula is C32H45FN2O2. The number of aliphatic hydroxyl groups is 2. The Labute approximate surface area is 221 Å². The minimum atomic E-state index is -0.216. The van der Waals surface area contributed by atoms with E-state index in [1.54, 1.807) is 13.1 Å². The molecule has 5 heteroatoms. The number of rotatable bonds is 4. The molecule has 0 aliphatic heterocycles. The molecule has 10 atom stereocenters. The zero-order valence-corrected chi connectivity index (χ0v) is 23.1. The number of aromatic nitrogens is 2. The first kappa shape index (κ1) is 25.7. The fourth-order valence-corrected chi connectivity index (χ4v) is 10.0. The molecule has 1 aromatic heterocycles. The Morgan fingerprint density at radius 1 is 1.03 bits per heavy atom. The van der Waals surface area contributed by atoms with Crippen LogP contribution in [0.4, 0.5) is 4.39 Å². The molecular weight excluding hydrogens is 463 g/mol. The lowest BCUT2D eigenvalue weighted by Crippen LogP contribution is -2.58. The summed E-state index contributed by atoms with van der Waals surface area (Å²) in [6.07, 6.45) is 12.1. The van der Waals surface area contributed by atoms with Crippen LogP contribution < -0.4 is 0 Å². The van der Waals surface area contributed by atoms with Gasteiger partial charge in [-0.25, -0.2) is 14.4 Å². The molecule has 2 aromatic rings. The number of hydrogen-bond acceptors (Lipinski definition) is 4. The molecule has 4 fully saturated rings. The lowest BCUT2D eigenvalue weighted by Gasteiger charge is -2.62. The van der Waals surface area contributed by atoms with Gasteiger partial charge in [0.15, 0.2) is 0 Å². The van der Waals surface area contributed by atoms with Crippen molar-refractivity contribution in [1.29, 1.82) is 0 Å². The van der Waals surface area contributed by atoms with E-state index in [0.29, 0.717) is 41.1 Å². The predicted octanol–water partition coefficient (Wildman–Crippen LogP) is 6.64. The van der Waals surface area contributed by atoms with Crippen molar-refractivity contribution >= 4 is 10.9 Å². The highest BCUT2D eigenvalue weighted by Gasteiger charge is 2.62. The monoisotopic (exact) mass is 508 g/mol. The summed E-state index contributed by atoms with van der Waals surface area (Å²) in [7, 11) is 0. The Hall–Kier alpha value is -1.59. The van der Waals surface area contributed by atoms with Crippen molar-refractivity contribution in [1.82, 2.24) is 9.97 Å². The number of nitrogens with zero attached hydrogens (tertiary/aromatic N) is 2. The van der Waals surface area contributed by atoms with Gasteiger partial charge in [-0.1, -0.05) is 20.8 Å². The fourth-order valence-electron chi connectivity index (χ4n) is 10.0. The summed E-state index contributed by atoms with van der Waals surface area (Å²) >= 11 is 0. The van der Waals surface area contributed by atoms with Crippen molar-refractivity contribution < 1.29 is 14.6 Å². The summed E-state index contributed by atoms with van der Waals surface area (Å²) in [5, 5.41) is 22.6. The number of aliphatic hydroxyl groups excluding tert-OH is 2. The summed E-state index contributed by atoms with van der Waals surface area (Å²) in [5.41, 5.74) is 2.03. The summed E-state index contributed by atoms with van der Waals surface area (Å²) in [6, 6.07) is 3.36. The highest BCUT2D eigenvalue weighted by molar-refractivity contribution is 5.78. The smallest absolute Gasteiger partial charge is 0.128 e. The van der Waals surface area contributed by atoms with Gasteiger partial charge in [0.2, 0.25) is 0 Å². The Morgan fingerprint density at radius 2 is 1.78 bits per heavy atom. The standard InChI is InChI=1S/C32H45FN2O2/c1-18(5-8-29-34-17-20-14-26(33)19(2)13-27(20)35-29)23-6-7-24-30-25(10-12-32(23,24)4)31(3)11-9-22(36)15-21(31)16-28(30)37/h13-14,17-18,21-25,28,30,36-37H,5-12,15-16H2,1-4H3/t18-,21+,22-,23-,24+,25?,28+,30+,31+,32-/m1/s1. The number of benzene rings is 1. The van der Waals surface area contributed by atoms with Crippen LogP contribution in [0.5, 0.6) is 0 Å². The highest BCUT2D eigenvalue weighted by atomic mass is 19.1. The molecule has 0 bridgehead atoms. The first-order chi connectivity index (χ1) is 17.6. The SMILES string of the molecule is Cc1cc2nc(CC[C@@H](C)[C@H]3CC[C@H]4[C@H]5C(CC[C@]34C)[C@@]3(C)CC[C@@H](O)C[C@H]3C[C@@H]5O)ncc2cc1F. The fraction of sp³-hybridized carbons (Fsp3) is 0.750. The number of fused-ring (bicyclic) bond motifs is 6. The summed E-state index contributed by atoms with van der Waals surface area (Å²) in [5.74, 6) is 3.99. The van der Waals surface area contributed by atoms with E-state index >= 15 is 0 Å². The molecule has 4 aliphatic carbocycles. The molecule has 6 rings (SSSR count). The van der Waals surface area contributed by atoms with Gasteiger partial charge in [0.05, 0.1) is 17.7 Å². The summed E-state index contributed by atoms with van der Waals surface area (Å²) in [6.45, 7) is 9.23. The van der Waals surface area contributed by atoms with Crippen molar-refractivity contribution in [3.05, 3.63) is 35.5 Å². The molecule has 2 N–H and O–H groups in total. The van der Waals surface area contributed by atoms with E-state index in [0.717, 1.165) is 55.3 Å². The minimum absolute atomic E-state index is 0.177. The maximum absolute atomic E-state index is 13.9. The second kappa shape index (κ2) is 9.26. The number of aryl methyl sites for hydroxylation is 2. The second-order valence-electron chi connectivity index (χ2n) is 13.9. The third-order valence-corrected chi connectivity index (χ3v) is 12.1. The van der Waals surface area contributed by atoms with Crippen molar-refractivity contribution in [3.8, 4) is 0 Å². The molecule has 4 saturated carbocycles. The Kier molecular flexibility index (Phi) is 6.42. The summed E-state index contributed by atoms with van der Waals surface area (Å²) < 4.78 is 13.9. The zero-order valence-electron chi connectivity index (χ0n) is 23.1. The average Bonchev–Trinajstić information content (AvgIpc) is 3.21. The Morgan fingerprint density at radius 3 is 2.59 bits per heavy atom. The van der Waals surface area contributed by atoms with Crippen molar-refractivity contribution in [2.24, 2.45) is 46.3 Å². The molecule has 0 spiro atoms. The van der Waals surface area contributed by atoms with Gasteiger partial charge in [-0.15, -0.1) is 0 Å². The number of halogens is 1. The molecule has 4 nitrogen and oxygen atoms in total. The quantitative estimate of drug-likeness (QED) is 0.486. The molecule has 4 aliphatic rings. The van der Waals surface area contributed by atoms with Crippen LogP contribution in [0.25, 0.3) is 10.9 Å². The third-order valence-electron chi connectivity index (χ3n) is 12.1. The average molecular weight is 509 g/mol. The van der Waals surface area contributed by atoms with Gasteiger partial charge in [0, 0.05) is 18.0 Å². The zero-order chi connectivity index (χ0) is 26.1. The largest absolute Gasteiger partial charge is 0.393 e. The van der Waals surface area contributed by atoms with Crippen molar-refractivity contribution in [2.45, 2.75) is 104 Å². The van der Waals surface area contributed by atoms with E-state index in [-0.39, 0.29) is 28.9 Å². The van der Waals surface area contributed by atoms with Crippen LogP contribution >= 0.6 is 0 Å². The van der Waals surface area contributed by atoms with E-state index in [4.69, 9.17) is 4.98 Å². The van der Waals surface area contributed by atoms with E-state index in [9.17, 15) is 14.6 Å². The van der Waals surface area contributed by atoms with Crippen LogP contribution in [-0.2, 0) is 6.42 Å². The molecule has 0 saturated heterocycles. The minimum Gasteiger partial charge on any atom is -0.393 e. The van der Waals surface area contributed by atoms with Crippen LogP contribution in [0.15, 0.2) is 18.3 Å². The van der Waals surface area contributed by atoms with E-state index in [1.807, 2.05) is 6.07 Å². The lowest BCUT2D eigenvalue weighted by molar-refractivity contribution is -0.174. The van der Waals surface area contributed by atoms with Crippen LogP contribution in [0, 0.1) is 59.1 Å². The Balaban J connectivity index is 1.16. The predicted molar refractivity (Wildman–Crippen MR) is 144 cm³/mol. The molecule has 0 radical (unpaired) electrons. The Bertz CT molecular complexity index is 1170. The lowest BCUT2D eigenvalue weighted by atomic mass is 9.43. The van der Waals surface area contributed by atoms with E-state index in [2.05, 4.69) is 25.8 Å². The molecule has 1 aromatic carbocycles. The number of hydrogen-bond donors (Lipinski definition) is 2. The van der Waals surface area contributed by atoms with E-state index < -0.39 is 0 Å². The maximum atomic E-state index is 13.9. The van der Waals surface area contributed by atoms with Crippen LogP contribution in [0.2, 0.25) is 0 Å². The molecule has 0 amide bonds. The third kappa shape index (κ3) is 4.14.